The predicted molar refractivity (Wildman–Crippen MR) is 76.3 cm³/mol. The zero-order valence-corrected chi connectivity index (χ0v) is 11.8. The fraction of sp³-hybridized carbons (Fsp3) is 0.467. The summed E-state index contributed by atoms with van der Waals surface area (Å²) in [5.41, 5.74) is 1.67. The zero-order valence-electron chi connectivity index (χ0n) is 11.8. The van der Waals surface area contributed by atoms with Gasteiger partial charge in [-0.15, -0.1) is 0 Å². The second-order valence-corrected chi connectivity index (χ2v) is 4.98. The van der Waals surface area contributed by atoms with Crippen molar-refractivity contribution >= 4 is 17.5 Å². The molecule has 1 saturated heterocycles. The molecule has 0 aliphatic carbocycles. The molecule has 1 heterocycles. The fourth-order valence-corrected chi connectivity index (χ4v) is 2.47. The summed E-state index contributed by atoms with van der Waals surface area (Å²) in [5.74, 6) is -0.529. The van der Waals surface area contributed by atoms with Gasteiger partial charge in [0.15, 0.2) is 0 Å². The van der Waals surface area contributed by atoms with Crippen molar-refractivity contribution in [1.82, 2.24) is 5.32 Å². The summed E-state index contributed by atoms with van der Waals surface area (Å²) in [5, 5.41) is 12.1. The van der Waals surface area contributed by atoms with E-state index in [1.807, 2.05) is 43.0 Å². The summed E-state index contributed by atoms with van der Waals surface area (Å²) in [7, 11) is 0. The Kier molecular flexibility index (Phi) is 4.39. The molecule has 2 N–H and O–H groups in total. The largest absolute Gasteiger partial charge is 0.388 e. The van der Waals surface area contributed by atoms with E-state index in [9.17, 15) is 14.7 Å². The number of nitrogens with zero attached hydrogens (tertiary/aromatic N) is 1. The van der Waals surface area contributed by atoms with Gasteiger partial charge >= 0.3 is 0 Å². The second kappa shape index (κ2) is 6.05. The Balaban J connectivity index is 2.24. The molecule has 5 nitrogen and oxygen atoms in total. The number of benzene rings is 1. The molecule has 2 atom stereocenters. The van der Waals surface area contributed by atoms with Crippen LogP contribution in [0.2, 0.25) is 0 Å². The molecular formula is C15H20N2O3. The fourth-order valence-electron chi connectivity index (χ4n) is 2.47. The van der Waals surface area contributed by atoms with Crippen molar-refractivity contribution in [3.8, 4) is 0 Å². The van der Waals surface area contributed by atoms with E-state index >= 15 is 0 Å². The molecule has 1 unspecified atom stereocenters. The summed E-state index contributed by atoms with van der Waals surface area (Å²) in [6, 6.07) is 7.06. The summed E-state index contributed by atoms with van der Waals surface area (Å²) in [6.45, 7) is 4.02. The summed E-state index contributed by atoms with van der Waals surface area (Å²) < 4.78 is 0. The predicted octanol–water partition coefficient (Wildman–Crippen LogP) is 1.37. The molecule has 2 rings (SSSR count). The molecule has 2 amide bonds. The van der Waals surface area contributed by atoms with E-state index in [1.165, 1.54) is 0 Å². The van der Waals surface area contributed by atoms with Gasteiger partial charge in [-0.2, -0.15) is 0 Å². The van der Waals surface area contributed by atoms with Crippen LogP contribution in [0.3, 0.4) is 0 Å². The third kappa shape index (κ3) is 2.82. The van der Waals surface area contributed by atoms with Crippen LogP contribution in [0.1, 0.15) is 38.4 Å². The molecule has 1 aromatic carbocycles. The van der Waals surface area contributed by atoms with Crippen LogP contribution in [-0.4, -0.2) is 29.5 Å². The highest BCUT2D eigenvalue weighted by molar-refractivity contribution is 6.04. The average molecular weight is 276 g/mol. The number of nitrogens with one attached hydrogen (secondary N) is 1. The number of carbonyl (C=O) groups excluding carboxylic acids is 2. The molecule has 0 bridgehead atoms. The number of imide groups is 1. The quantitative estimate of drug-likeness (QED) is 0.815. The lowest BCUT2D eigenvalue weighted by Crippen LogP contribution is -2.58. The van der Waals surface area contributed by atoms with Crippen molar-refractivity contribution < 1.29 is 14.7 Å². The monoisotopic (exact) mass is 276 g/mol. The van der Waals surface area contributed by atoms with Gasteiger partial charge in [-0.05, 0) is 30.5 Å². The second-order valence-electron chi connectivity index (χ2n) is 4.98. The maximum absolute atomic E-state index is 11.8. The van der Waals surface area contributed by atoms with E-state index in [1.54, 1.807) is 0 Å². The van der Waals surface area contributed by atoms with Crippen LogP contribution < -0.4 is 10.2 Å². The number of hydrogen-bond acceptors (Lipinski definition) is 4. The number of amides is 2. The molecular weight excluding hydrogens is 256 g/mol. The molecule has 20 heavy (non-hydrogen) atoms. The minimum Gasteiger partial charge on any atom is -0.388 e. The lowest BCUT2D eigenvalue weighted by atomic mass is 10.0. The molecule has 0 spiro atoms. The first-order chi connectivity index (χ1) is 9.56. The first kappa shape index (κ1) is 14.5. The minimum absolute atomic E-state index is 0.180. The van der Waals surface area contributed by atoms with Gasteiger partial charge in [0.25, 0.3) is 0 Å². The Labute approximate surface area is 118 Å². The third-order valence-electron chi connectivity index (χ3n) is 3.64. The Hall–Kier alpha value is -1.88. The Morgan fingerprint density at radius 2 is 1.95 bits per heavy atom. The van der Waals surface area contributed by atoms with Gasteiger partial charge in [-0.25, -0.2) is 0 Å². The highest BCUT2D eigenvalue weighted by atomic mass is 16.3. The van der Waals surface area contributed by atoms with E-state index in [-0.39, 0.29) is 24.4 Å². The highest BCUT2D eigenvalue weighted by Crippen LogP contribution is 2.24. The molecule has 0 aromatic heterocycles. The molecule has 108 valence electrons. The standard InChI is InChI=1S/C15H20N2O3/c1-3-12-15(20)16-14(19)9-17(12)11-7-5-10(6-8-11)13(18)4-2/h5-8,12-13,18H,3-4,9H2,1-2H3,(H,16,19,20)/t12?,13-/m0/s1. The van der Waals surface area contributed by atoms with Crippen LogP contribution in [-0.2, 0) is 9.59 Å². The van der Waals surface area contributed by atoms with Crippen LogP contribution in [0.25, 0.3) is 0 Å². The van der Waals surface area contributed by atoms with Crippen molar-refractivity contribution in [2.45, 2.75) is 38.8 Å². The number of rotatable bonds is 4. The molecule has 0 saturated carbocycles. The van der Waals surface area contributed by atoms with Crippen molar-refractivity contribution in [2.75, 3.05) is 11.4 Å². The van der Waals surface area contributed by atoms with Crippen molar-refractivity contribution in [3.63, 3.8) is 0 Å². The van der Waals surface area contributed by atoms with Gasteiger partial charge in [0.05, 0.1) is 12.6 Å². The van der Waals surface area contributed by atoms with Crippen molar-refractivity contribution in [3.05, 3.63) is 29.8 Å². The molecule has 0 radical (unpaired) electrons. The Bertz CT molecular complexity index is 498. The molecule has 1 fully saturated rings. The first-order valence-corrected chi connectivity index (χ1v) is 6.95. The van der Waals surface area contributed by atoms with Gasteiger partial charge in [0, 0.05) is 5.69 Å². The van der Waals surface area contributed by atoms with Gasteiger partial charge in [-0.1, -0.05) is 26.0 Å². The van der Waals surface area contributed by atoms with Gasteiger partial charge in [0.2, 0.25) is 11.8 Å². The van der Waals surface area contributed by atoms with Crippen molar-refractivity contribution in [2.24, 2.45) is 0 Å². The van der Waals surface area contributed by atoms with Gasteiger partial charge < -0.3 is 10.0 Å². The Morgan fingerprint density at radius 3 is 2.50 bits per heavy atom. The molecule has 1 aliphatic rings. The smallest absolute Gasteiger partial charge is 0.249 e. The zero-order chi connectivity index (χ0) is 14.7. The Morgan fingerprint density at radius 1 is 1.30 bits per heavy atom. The average Bonchev–Trinajstić information content (AvgIpc) is 2.46. The summed E-state index contributed by atoms with van der Waals surface area (Å²) in [4.78, 5) is 25.2. The SMILES string of the molecule is CCC1C(=O)NC(=O)CN1c1ccc([C@@H](O)CC)cc1. The van der Waals surface area contributed by atoms with E-state index in [0.29, 0.717) is 12.8 Å². The summed E-state index contributed by atoms with van der Waals surface area (Å²) in [6.07, 6.45) is 0.817. The topological polar surface area (TPSA) is 69.6 Å². The highest BCUT2D eigenvalue weighted by Gasteiger charge is 2.32. The lowest BCUT2D eigenvalue weighted by molar-refractivity contribution is -0.132. The number of carbonyl (C=O) groups is 2. The lowest BCUT2D eigenvalue weighted by Gasteiger charge is -2.35. The third-order valence-corrected chi connectivity index (χ3v) is 3.64. The van der Waals surface area contributed by atoms with Crippen LogP contribution in [0.15, 0.2) is 24.3 Å². The van der Waals surface area contributed by atoms with Gasteiger partial charge in [0.1, 0.15) is 6.04 Å². The van der Waals surface area contributed by atoms with Crippen LogP contribution in [0, 0.1) is 0 Å². The minimum atomic E-state index is -0.475. The summed E-state index contributed by atoms with van der Waals surface area (Å²) >= 11 is 0. The number of anilines is 1. The van der Waals surface area contributed by atoms with E-state index in [0.717, 1.165) is 11.3 Å². The number of aliphatic hydroxyl groups is 1. The molecule has 5 heteroatoms. The number of piperazine rings is 1. The normalized spacial score (nSPS) is 20.8. The number of hydrogen-bond donors (Lipinski definition) is 2. The number of aliphatic hydroxyl groups excluding tert-OH is 1. The van der Waals surface area contributed by atoms with E-state index in [4.69, 9.17) is 0 Å². The van der Waals surface area contributed by atoms with E-state index in [2.05, 4.69) is 5.32 Å². The van der Waals surface area contributed by atoms with Crippen molar-refractivity contribution in [1.29, 1.82) is 0 Å². The molecule has 1 aliphatic heterocycles. The van der Waals surface area contributed by atoms with Crippen LogP contribution in [0.4, 0.5) is 5.69 Å². The van der Waals surface area contributed by atoms with Crippen LogP contribution >= 0.6 is 0 Å². The van der Waals surface area contributed by atoms with Crippen LogP contribution in [0.5, 0.6) is 0 Å². The van der Waals surface area contributed by atoms with Gasteiger partial charge in [-0.3, -0.25) is 14.9 Å². The maximum Gasteiger partial charge on any atom is 0.249 e. The van der Waals surface area contributed by atoms with E-state index < -0.39 is 6.10 Å². The molecule has 1 aromatic rings. The maximum atomic E-state index is 11.8. The first-order valence-electron chi connectivity index (χ1n) is 6.95.